The molecule has 4 nitrogen and oxygen atoms in total. The number of piperidine rings is 1. The first-order valence-electron chi connectivity index (χ1n) is 9.20. The quantitative estimate of drug-likeness (QED) is 0.847. The van der Waals surface area contributed by atoms with E-state index in [0.29, 0.717) is 5.91 Å². The van der Waals surface area contributed by atoms with Gasteiger partial charge in [0.05, 0.1) is 10.7 Å². The summed E-state index contributed by atoms with van der Waals surface area (Å²) in [4.78, 5) is 22.0. The SMILES string of the molecule is CCc1nc(CN2CCC(C(=O)N3CCCCCC3)CC2)cs1. The van der Waals surface area contributed by atoms with Gasteiger partial charge >= 0.3 is 0 Å². The van der Waals surface area contributed by atoms with Gasteiger partial charge < -0.3 is 4.90 Å². The molecule has 1 aromatic rings. The van der Waals surface area contributed by atoms with E-state index in [4.69, 9.17) is 0 Å². The Kier molecular flexibility index (Phi) is 6.06. The molecular formula is C18H29N3OS. The molecule has 0 aliphatic carbocycles. The summed E-state index contributed by atoms with van der Waals surface area (Å²) in [6.45, 7) is 7.13. The van der Waals surface area contributed by atoms with Gasteiger partial charge in [-0.1, -0.05) is 19.8 Å². The molecule has 0 aromatic carbocycles. The third-order valence-corrected chi connectivity index (χ3v) is 6.18. The van der Waals surface area contributed by atoms with Gasteiger partial charge in [-0.15, -0.1) is 11.3 Å². The van der Waals surface area contributed by atoms with Gasteiger partial charge in [-0.05, 0) is 45.2 Å². The van der Waals surface area contributed by atoms with Gasteiger partial charge in [0.2, 0.25) is 5.91 Å². The van der Waals surface area contributed by atoms with Crippen molar-refractivity contribution in [3.8, 4) is 0 Å². The lowest BCUT2D eigenvalue weighted by molar-refractivity contribution is -0.137. The minimum Gasteiger partial charge on any atom is -0.342 e. The number of carbonyl (C=O) groups is 1. The second-order valence-electron chi connectivity index (χ2n) is 6.88. The molecule has 0 N–H and O–H groups in total. The number of aromatic nitrogens is 1. The highest BCUT2D eigenvalue weighted by Gasteiger charge is 2.28. The number of amides is 1. The van der Waals surface area contributed by atoms with Crippen LogP contribution in [0.1, 0.15) is 56.2 Å². The van der Waals surface area contributed by atoms with E-state index in [1.54, 1.807) is 11.3 Å². The van der Waals surface area contributed by atoms with E-state index in [9.17, 15) is 4.79 Å². The number of rotatable bonds is 4. The van der Waals surface area contributed by atoms with Crippen LogP contribution in [0, 0.1) is 5.92 Å². The molecule has 2 fully saturated rings. The lowest BCUT2D eigenvalue weighted by Gasteiger charge is -2.33. The number of likely N-dealkylation sites (tertiary alicyclic amines) is 2. The third kappa shape index (κ3) is 4.54. The van der Waals surface area contributed by atoms with E-state index < -0.39 is 0 Å². The highest BCUT2D eigenvalue weighted by atomic mass is 32.1. The molecule has 3 rings (SSSR count). The largest absolute Gasteiger partial charge is 0.342 e. The summed E-state index contributed by atoms with van der Waals surface area (Å²) in [5, 5.41) is 3.42. The summed E-state index contributed by atoms with van der Waals surface area (Å²) >= 11 is 1.77. The first-order chi connectivity index (χ1) is 11.3. The van der Waals surface area contributed by atoms with Crippen LogP contribution < -0.4 is 0 Å². The fourth-order valence-electron chi connectivity index (χ4n) is 3.70. The van der Waals surface area contributed by atoms with Gasteiger partial charge in [-0.2, -0.15) is 0 Å². The maximum Gasteiger partial charge on any atom is 0.225 e. The lowest BCUT2D eigenvalue weighted by atomic mass is 9.95. The van der Waals surface area contributed by atoms with Crippen molar-refractivity contribution in [2.75, 3.05) is 26.2 Å². The zero-order valence-corrected chi connectivity index (χ0v) is 15.1. The Labute approximate surface area is 143 Å². The maximum atomic E-state index is 12.7. The van der Waals surface area contributed by atoms with E-state index >= 15 is 0 Å². The zero-order chi connectivity index (χ0) is 16.1. The van der Waals surface area contributed by atoms with Gasteiger partial charge in [0, 0.05) is 30.9 Å². The van der Waals surface area contributed by atoms with Crippen LogP contribution in [0.15, 0.2) is 5.38 Å². The lowest BCUT2D eigenvalue weighted by Crippen LogP contribution is -2.42. The summed E-state index contributed by atoms with van der Waals surface area (Å²) in [5.74, 6) is 0.680. The fourth-order valence-corrected chi connectivity index (χ4v) is 4.44. The second kappa shape index (κ2) is 8.25. The Morgan fingerprint density at radius 1 is 1.17 bits per heavy atom. The number of carbonyl (C=O) groups excluding carboxylic acids is 1. The van der Waals surface area contributed by atoms with Crippen LogP contribution in [0.5, 0.6) is 0 Å². The molecular weight excluding hydrogens is 306 g/mol. The van der Waals surface area contributed by atoms with Gasteiger partial charge in [0.15, 0.2) is 0 Å². The summed E-state index contributed by atoms with van der Waals surface area (Å²) in [7, 11) is 0. The van der Waals surface area contributed by atoms with Crippen molar-refractivity contribution in [3.05, 3.63) is 16.1 Å². The monoisotopic (exact) mass is 335 g/mol. The normalized spacial score (nSPS) is 21.3. The molecule has 2 saturated heterocycles. The van der Waals surface area contributed by atoms with Crippen molar-refractivity contribution in [1.82, 2.24) is 14.8 Å². The van der Waals surface area contributed by atoms with E-state index in [-0.39, 0.29) is 5.92 Å². The number of thiazole rings is 1. The summed E-state index contributed by atoms with van der Waals surface area (Å²) in [6.07, 6.45) is 8.00. The van der Waals surface area contributed by atoms with E-state index in [0.717, 1.165) is 52.0 Å². The van der Waals surface area contributed by atoms with Gasteiger partial charge in [0.25, 0.3) is 0 Å². The standard InChI is InChI=1S/C18H29N3OS/c1-2-17-19-16(14-23-17)13-20-11-7-15(8-12-20)18(22)21-9-5-3-4-6-10-21/h14-15H,2-13H2,1H3. The van der Waals surface area contributed by atoms with Crippen LogP contribution >= 0.6 is 11.3 Å². The molecule has 0 radical (unpaired) electrons. The summed E-state index contributed by atoms with van der Waals surface area (Å²) < 4.78 is 0. The van der Waals surface area contributed by atoms with Gasteiger partial charge in [-0.25, -0.2) is 4.98 Å². The van der Waals surface area contributed by atoms with Crippen LogP contribution in [0.4, 0.5) is 0 Å². The van der Waals surface area contributed by atoms with Crippen LogP contribution in [-0.4, -0.2) is 46.9 Å². The fraction of sp³-hybridized carbons (Fsp3) is 0.778. The third-order valence-electron chi connectivity index (χ3n) is 5.14. The second-order valence-corrected chi connectivity index (χ2v) is 7.82. The predicted molar refractivity (Wildman–Crippen MR) is 94.5 cm³/mol. The molecule has 0 bridgehead atoms. The van der Waals surface area contributed by atoms with Gasteiger partial charge in [-0.3, -0.25) is 9.69 Å². The summed E-state index contributed by atoms with van der Waals surface area (Å²) in [5.41, 5.74) is 1.20. The van der Waals surface area contributed by atoms with Gasteiger partial charge in [0.1, 0.15) is 0 Å². The van der Waals surface area contributed by atoms with Crippen molar-refractivity contribution >= 4 is 17.2 Å². The molecule has 0 atom stereocenters. The zero-order valence-electron chi connectivity index (χ0n) is 14.3. The average molecular weight is 336 g/mol. The molecule has 128 valence electrons. The minimum absolute atomic E-state index is 0.256. The number of aryl methyl sites for hydroxylation is 1. The Morgan fingerprint density at radius 2 is 1.87 bits per heavy atom. The van der Waals surface area contributed by atoms with Crippen molar-refractivity contribution < 1.29 is 4.79 Å². The summed E-state index contributed by atoms with van der Waals surface area (Å²) in [6, 6.07) is 0. The van der Waals surface area contributed by atoms with Crippen molar-refractivity contribution in [2.45, 2.75) is 58.4 Å². The smallest absolute Gasteiger partial charge is 0.225 e. The van der Waals surface area contributed by atoms with Crippen LogP contribution in [-0.2, 0) is 17.8 Å². The molecule has 1 aromatic heterocycles. The Morgan fingerprint density at radius 3 is 2.48 bits per heavy atom. The van der Waals surface area contributed by atoms with E-state index in [1.807, 2.05) is 0 Å². The maximum absolute atomic E-state index is 12.7. The van der Waals surface area contributed by atoms with Crippen LogP contribution in [0.3, 0.4) is 0 Å². The molecule has 5 heteroatoms. The highest BCUT2D eigenvalue weighted by molar-refractivity contribution is 7.09. The van der Waals surface area contributed by atoms with Crippen LogP contribution in [0.25, 0.3) is 0 Å². The van der Waals surface area contributed by atoms with E-state index in [1.165, 1.54) is 36.4 Å². The minimum atomic E-state index is 0.256. The first kappa shape index (κ1) is 16.9. The number of hydrogen-bond acceptors (Lipinski definition) is 4. The molecule has 2 aliphatic heterocycles. The Hall–Kier alpha value is -0.940. The molecule has 2 aliphatic rings. The molecule has 0 unspecified atom stereocenters. The molecule has 23 heavy (non-hydrogen) atoms. The number of nitrogens with zero attached hydrogens (tertiary/aromatic N) is 3. The average Bonchev–Trinajstić information content (AvgIpc) is 2.86. The Balaban J connectivity index is 1.46. The molecule has 1 amide bonds. The van der Waals surface area contributed by atoms with Crippen molar-refractivity contribution in [1.29, 1.82) is 0 Å². The first-order valence-corrected chi connectivity index (χ1v) is 10.1. The van der Waals surface area contributed by atoms with E-state index in [2.05, 4.69) is 27.1 Å². The molecule has 0 saturated carbocycles. The van der Waals surface area contributed by atoms with Crippen molar-refractivity contribution in [3.63, 3.8) is 0 Å². The predicted octanol–water partition coefficient (Wildman–Crippen LogP) is 3.32. The number of hydrogen-bond donors (Lipinski definition) is 0. The molecule has 0 spiro atoms. The van der Waals surface area contributed by atoms with Crippen molar-refractivity contribution in [2.24, 2.45) is 5.92 Å². The topological polar surface area (TPSA) is 36.4 Å². The Bertz CT molecular complexity index is 500. The van der Waals surface area contributed by atoms with Crippen LogP contribution in [0.2, 0.25) is 0 Å². The molecule has 3 heterocycles. The highest BCUT2D eigenvalue weighted by Crippen LogP contribution is 2.23.